The van der Waals surface area contributed by atoms with E-state index in [0.29, 0.717) is 5.75 Å². The van der Waals surface area contributed by atoms with Gasteiger partial charge in [-0.1, -0.05) is 104 Å². The lowest BCUT2D eigenvalue weighted by Gasteiger charge is -2.10. The number of benzene rings is 4. The third-order valence-corrected chi connectivity index (χ3v) is 5.50. The SMILES string of the molecule is C.O=C(O)COc1cccc(-c2ccccc2-c2nc(-c3ccccc3)c(-c3ccccc3)[nH]2)c1. The molecule has 0 aliphatic rings. The molecule has 5 heteroatoms. The fourth-order valence-corrected chi connectivity index (χ4v) is 3.96. The monoisotopic (exact) mass is 462 g/mol. The molecule has 5 rings (SSSR count). The van der Waals surface area contributed by atoms with Crippen molar-refractivity contribution in [3.05, 3.63) is 109 Å². The Kier molecular flexibility index (Phi) is 7.07. The molecule has 1 aromatic heterocycles. The van der Waals surface area contributed by atoms with E-state index in [1.165, 1.54) is 0 Å². The lowest BCUT2D eigenvalue weighted by Crippen LogP contribution is -2.09. The van der Waals surface area contributed by atoms with E-state index in [-0.39, 0.29) is 14.0 Å². The zero-order valence-corrected chi connectivity index (χ0v) is 18.3. The van der Waals surface area contributed by atoms with Crippen LogP contribution in [0.15, 0.2) is 109 Å². The lowest BCUT2D eigenvalue weighted by atomic mass is 9.99. The molecule has 0 spiro atoms. The van der Waals surface area contributed by atoms with Gasteiger partial charge in [0.15, 0.2) is 6.61 Å². The number of ether oxygens (including phenoxy) is 1. The van der Waals surface area contributed by atoms with E-state index in [1.807, 2.05) is 78.9 Å². The van der Waals surface area contributed by atoms with E-state index in [4.69, 9.17) is 14.8 Å². The second-order valence-electron chi connectivity index (χ2n) is 7.80. The largest absolute Gasteiger partial charge is 0.482 e. The summed E-state index contributed by atoms with van der Waals surface area (Å²) < 4.78 is 5.39. The number of carbonyl (C=O) groups is 1. The average molecular weight is 463 g/mol. The van der Waals surface area contributed by atoms with Crippen molar-refractivity contribution >= 4 is 5.97 Å². The molecule has 2 N–H and O–H groups in total. The number of nitrogens with zero attached hydrogens (tertiary/aromatic N) is 1. The number of aliphatic carboxylic acids is 1. The lowest BCUT2D eigenvalue weighted by molar-refractivity contribution is -0.139. The van der Waals surface area contributed by atoms with Gasteiger partial charge in [-0.05, 0) is 23.3 Å². The van der Waals surface area contributed by atoms with E-state index in [2.05, 4.69) is 29.2 Å². The van der Waals surface area contributed by atoms with Gasteiger partial charge < -0.3 is 14.8 Å². The van der Waals surface area contributed by atoms with Gasteiger partial charge in [-0.25, -0.2) is 9.78 Å². The summed E-state index contributed by atoms with van der Waals surface area (Å²) in [6.45, 7) is -0.385. The van der Waals surface area contributed by atoms with Crippen LogP contribution in [0.25, 0.3) is 45.0 Å². The molecule has 0 saturated heterocycles. The number of aromatic nitrogens is 2. The van der Waals surface area contributed by atoms with Gasteiger partial charge in [-0.3, -0.25) is 0 Å². The first-order valence-corrected chi connectivity index (χ1v) is 10.9. The minimum absolute atomic E-state index is 0. The van der Waals surface area contributed by atoms with Crippen molar-refractivity contribution in [2.24, 2.45) is 0 Å². The van der Waals surface area contributed by atoms with Crippen molar-refractivity contribution in [1.82, 2.24) is 9.97 Å². The van der Waals surface area contributed by atoms with E-state index < -0.39 is 5.97 Å². The van der Waals surface area contributed by atoms with Crippen LogP contribution in [0.3, 0.4) is 0 Å². The summed E-state index contributed by atoms with van der Waals surface area (Å²) in [5, 5.41) is 8.93. The van der Waals surface area contributed by atoms with Gasteiger partial charge in [-0.2, -0.15) is 0 Å². The maximum atomic E-state index is 10.9. The summed E-state index contributed by atoms with van der Waals surface area (Å²) in [5.74, 6) is 0.248. The second-order valence-corrected chi connectivity index (χ2v) is 7.80. The van der Waals surface area contributed by atoms with Crippen molar-refractivity contribution in [2.75, 3.05) is 6.61 Å². The van der Waals surface area contributed by atoms with E-state index >= 15 is 0 Å². The maximum Gasteiger partial charge on any atom is 0.341 e. The van der Waals surface area contributed by atoms with Crippen molar-refractivity contribution in [3.8, 4) is 50.8 Å². The molecule has 0 amide bonds. The number of carboxylic acids is 1. The summed E-state index contributed by atoms with van der Waals surface area (Å²) in [6.07, 6.45) is 0. The van der Waals surface area contributed by atoms with E-state index in [9.17, 15) is 4.79 Å². The molecular weight excluding hydrogens is 436 g/mol. The highest BCUT2D eigenvalue weighted by Crippen LogP contribution is 2.37. The van der Waals surface area contributed by atoms with Crippen molar-refractivity contribution in [3.63, 3.8) is 0 Å². The van der Waals surface area contributed by atoms with Crippen molar-refractivity contribution < 1.29 is 14.6 Å². The fourth-order valence-electron chi connectivity index (χ4n) is 3.96. The van der Waals surface area contributed by atoms with Gasteiger partial charge in [-0.15, -0.1) is 0 Å². The van der Waals surface area contributed by atoms with Crippen LogP contribution in [0.4, 0.5) is 0 Å². The minimum Gasteiger partial charge on any atom is -0.482 e. The van der Waals surface area contributed by atoms with Gasteiger partial charge >= 0.3 is 5.97 Å². The Morgan fingerprint density at radius 1 is 0.743 bits per heavy atom. The van der Waals surface area contributed by atoms with Crippen LogP contribution in [0, 0.1) is 0 Å². The average Bonchev–Trinajstić information content (AvgIpc) is 3.34. The molecule has 0 unspecified atom stereocenters. The number of hydrogen-bond donors (Lipinski definition) is 2. The summed E-state index contributed by atoms with van der Waals surface area (Å²) in [6, 6.07) is 35.7. The molecule has 1 heterocycles. The van der Waals surface area contributed by atoms with Crippen LogP contribution in [0.5, 0.6) is 5.75 Å². The molecule has 0 atom stereocenters. The van der Waals surface area contributed by atoms with Gasteiger partial charge in [0.05, 0.1) is 11.4 Å². The molecule has 35 heavy (non-hydrogen) atoms. The zero-order chi connectivity index (χ0) is 23.3. The Hall–Kier alpha value is -4.64. The molecule has 0 aliphatic carbocycles. The summed E-state index contributed by atoms with van der Waals surface area (Å²) in [4.78, 5) is 19.5. The van der Waals surface area contributed by atoms with Crippen LogP contribution in [-0.2, 0) is 4.79 Å². The first kappa shape index (κ1) is 23.5. The number of aromatic amines is 1. The standard InChI is InChI=1S/C29H22N2O3.CH4/c32-26(33)19-34-23-15-9-14-22(18-23)24-16-7-8-17-25(24)29-30-27(20-10-3-1-4-11-20)28(31-29)21-12-5-2-6-13-21;/h1-18H,19H2,(H,30,31)(H,32,33);1H4. The first-order chi connectivity index (χ1) is 16.7. The van der Waals surface area contributed by atoms with Gasteiger partial charge in [0.25, 0.3) is 0 Å². The van der Waals surface area contributed by atoms with Crippen LogP contribution in [0.2, 0.25) is 0 Å². The van der Waals surface area contributed by atoms with E-state index in [1.54, 1.807) is 6.07 Å². The highest BCUT2D eigenvalue weighted by Gasteiger charge is 2.17. The van der Waals surface area contributed by atoms with Crippen LogP contribution in [-0.4, -0.2) is 27.7 Å². The van der Waals surface area contributed by atoms with Crippen molar-refractivity contribution in [1.29, 1.82) is 0 Å². The molecule has 4 aromatic carbocycles. The highest BCUT2D eigenvalue weighted by atomic mass is 16.5. The topological polar surface area (TPSA) is 75.2 Å². The highest BCUT2D eigenvalue weighted by molar-refractivity contribution is 5.86. The molecule has 0 saturated carbocycles. The molecular formula is C30H26N2O3. The molecule has 0 aliphatic heterocycles. The summed E-state index contributed by atoms with van der Waals surface area (Å²) in [5.41, 5.74) is 6.75. The molecule has 5 aromatic rings. The third kappa shape index (κ3) is 5.14. The van der Waals surface area contributed by atoms with Gasteiger partial charge in [0.2, 0.25) is 0 Å². The first-order valence-electron chi connectivity index (χ1n) is 10.9. The van der Waals surface area contributed by atoms with Crippen molar-refractivity contribution in [2.45, 2.75) is 7.43 Å². The predicted octanol–water partition coefficient (Wildman–Crippen LogP) is 7.18. The van der Waals surface area contributed by atoms with Gasteiger partial charge in [0.1, 0.15) is 11.6 Å². The number of carboxylic acid groups (broad SMARTS) is 1. The van der Waals surface area contributed by atoms with Crippen LogP contribution in [0.1, 0.15) is 7.43 Å². The number of imidazole rings is 1. The maximum absolute atomic E-state index is 10.9. The molecule has 5 nitrogen and oxygen atoms in total. The number of nitrogens with one attached hydrogen (secondary N) is 1. The zero-order valence-electron chi connectivity index (χ0n) is 18.3. The minimum atomic E-state index is -1.01. The number of H-pyrrole nitrogens is 1. The predicted molar refractivity (Wildman–Crippen MR) is 140 cm³/mol. The van der Waals surface area contributed by atoms with E-state index in [0.717, 1.165) is 45.0 Å². The summed E-state index contributed by atoms with van der Waals surface area (Å²) >= 11 is 0. The molecule has 0 bridgehead atoms. The Balaban J connectivity index is 0.00000289. The quantitative estimate of drug-likeness (QED) is 0.269. The Morgan fingerprint density at radius 2 is 1.34 bits per heavy atom. The second kappa shape index (κ2) is 10.5. The normalized spacial score (nSPS) is 10.4. The molecule has 0 fully saturated rings. The Bertz CT molecular complexity index is 1370. The van der Waals surface area contributed by atoms with Crippen LogP contribution < -0.4 is 4.74 Å². The van der Waals surface area contributed by atoms with Crippen LogP contribution >= 0.6 is 0 Å². The number of rotatable bonds is 7. The summed E-state index contributed by atoms with van der Waals surface area (Å²) in [7, 11) is 0. The number of hydrogen-bond acceptors (Lipinski definition) is 3. The molecule has 0 radical (unpaired) electrons. The third-order valence-electron chi connectivity index (χ3n) is 5.50. The van der Waals surface area contributed by atoms with Gasteiger partial charge in [0, 0.05) is 16.7 Å². The smallest absolute Gasteiger partial charge is 0.341 e. The Labute approximate surface area is 204 Å². The Morgan fingerprint density at radius 3 is 2.03 bits per heavy atom. The fraction of sp³-hybridized carbons (Fsp3) is 0.0667. The molecule has 174 valence electrons.